The van der Waals surface area contributed by atoms with Crippen LogP contribution in [-0.4, -0.2) is 47.3 Å². The van der Waals surface area contributed by atoms with E-state index in [9.17, 15) is 0 Å². The molecule has 3 heterocycles. The van der Waals surface area contributed by atoms with Gasteiger partial charge in [-0.2, -0.15) is 10.1 Å². The smallest absolute Gasteiger partial charge is 0.249 e. The van der Waals surface area contributed by atoms with E-state index in [0.29, 0.717) is 31.0 Å². The third kappa shape index (κ3) is 4.21. The number of aromatic nitrogens is 3. The molecule has 1 aromatic heterocycles. The van der Waals surface area contributed by atoms with Gasteiger partial charge in [-0.05, 0) is 23.0 Å². The van der Waals surface area contributed by atoms with Crippen molar-refractivity contribution in [2.24, 2.45) is 0 Å². The van der Waals surface area contributed by atoms with E-state index in [4.69, 9.17) is 14.5 Å². The van der Waals surface area contributed by atoms with Gasteiger partial charge in [0, 0.05) is 31.6 Å². The van der Waals surface area contributed by atoms with E-state index in [0.717, 1.165) is 37.4 Å². The minimum Gasteiger partial charge on any atom is -0.355 e. The molecule has 0 amide bonds. The van der Waals surface area contributed by atoms with Crippen LogP contribution in [0, 0.1) is 0 Å². The van der Waals surface area contributed by atoms with Crippen molar-refractivity contribution in [2.75, 3.05) is 36.5 Å². The van der Waals surface area contributed by atoms with E-state index in [1.54, 1.807) is 6.20 Å². The highest BCUT2D eigenvalue weighted by Crippen LogP contribution is 2.35. The largest absolute Gasteiger partial charge is 0.355 e. The summed E-state index contributed by atoms with van der Waals surface area (Å²) in [5.74, 6) is 1.78. The first-order valence-electron chi connectivity index (χ1n) is 10.6. The molecule has 0 aliphatic carbocycles. The summed E-state index contributed by atoms with van der Waals surface area (Å²) in [5, 5.41) is 11.9. The summed E-state index contributed by atoms with van der Waals surface area (Å²) in [6.45, 7) is 11.9. The Hall–Kier alpha value is -2.25. The molecule has 7 nitrogen and oxygen atoms in total. The van der Waals surface area contributed by atoms with Crippen molar-refractivity contribution in [2.45, 2.75) is 58.2 Å². The van der Waals surface area contributed by atoms with Gasteiger partial charge in [0.1, 0.15) is 0 Å². The SMILES string of the molecule is CC(C)c1cccc(C(C)C)c1Nc1nncc(N2CCC3(CC2)OCCO3)n1. The van der Waals surface area contributed by atoms with Gasteiger partial charge in [0.15, 0.2) is 11.6 Å². The predicted molar refractivity (Wildman–Crippen MR) is 114 cm³/mol. The fourth-order valence-electron chi connectivity index (χ4n) is 4.17. The summed E-state index contributed by atoms with van der Waals surface area (Å²) in [4.78, 5) is 7.00. The zero-order valence-corrected chi connectivity index (χ0v) is 17.8. The Kier molecular flexibility index (Phi) is 5.69. The predicted octanol–water partition coefficient (Wildman–Crippen LogP) is 4.21. The third-order valence-corrected chi connectivity index (χ3v) is 5.82. The molecule has 156 valence electrons. The van der Waals surface area contributed by atoms with Crippen LogP contribution >= 0.6 is 0 Å². The first kappa shape index (κ1) is 20.0. The van der Waals surface area contributed by atoms with Crippen molar-refractivity contribution in [1.82, 2.24) is 15.2 Å². The van der Waals surface area contributed by atoms with E-state index >= 15 is 0 Å². The molecule has 2 fully saturated rings. The summed E-state index contributed by atoms with van der Waals surface area (Å²) in [6, 6.07) is 6.46. The lowest BCUT2D eigenvalue weighted by Crippen LogP contribution is -2.45. The molecule has 2 saturated heterocycles. The van der Waals surface area contributed by atoms with Crippen LogP contribution in [-0.2, 0) is 9.47 Å². The molecule has 2 aliphatic heterocycles. The van der Waals surface area contributed by atoms with Crippen molar-refractivity contribution in [1.29, 1.82) is 0 Å². The van der Waals surface area contributed by atoms with Crippen molar-refractivity contribution in [3.8, 4) is 0 Å². The Labute approximate surface area is 172 Å². The molecule has 7 heteroatoms. The van der Waals surface area contributed by atoms with Crippen molar-refractivity contribution in [3.63, 3.8) is 0 Å². The molecule has 0 unspecified atom stereocenters. The number of piperidine rings is 1. The Bertz CT molecular complexity index is 813. The highest BCUT2D eigenvalue weighted by molar-refractivity contribution is 5.65. The van der Waals surface area contributed by atoms with Crippen LogP contribution in [0.3, 0.4) is 0 Å². The van der Waals surface area contributed by atoms with E-state index in [-0.39, 0.29) is 5.79 Å². The maximum atomic E-state index is 5.83. The van der Waals surface area contributed by atoms with E-state index < -0.39 is 0 Å². The van der Waals surface area contributed by atoms with Gasteiger partial charge in [0.2, 0.25) is 5.95 Å². The average Bonchev–Trinajstić information content (AvgIpc) is 3.16. The summed E-state index contributed by atoms with van der Waals surface area (Å²) >= 11 is 0. The topological polar surface area (TPSA) is 72.4 Å². The Balaban J connectivity index is 1.55. The zero-order chi connectivity index (χ0) is 20.4. The van der Waals surface area contributed by atoms with Gasteiger partial charge in [0.25, 0.3) is 0 Å². The maximum absolute atomic E-state index is 5.83. The standard InChI is InChI=1S/C22H31N5O2/c1-15(2)17-6-5-7-18(16(3)4)20(17)25-21-24-19(14-23-26-21)27-10-8-22(9-11-27)28-12-13-29-22/h5-7,14-16H,8-13H2,1-4H3,(H,24,25,26). The van der Waals surface area contributed by atoms with Crippen LogP contribution in [0.15, 0.2) is 24.4 Å². The molecular weight excluding hydrogens is 366 g/mol. The van der Waals surface area contributed by atoms with Gasteiger partial charge in [-0.15, -0.1) is 5.10 Å². The summed E-state index contributed by atoms with van der Waals surface area (Å²) in [5.41, 5.74) is 3.63. The normalized spacial score (nSPS) is 18.8. The van der Waals surface area contributed by atoms with E-state index in [2.05, 4.69) is 66.3 Å². The second-order valence-electron chi connectivity index (χ2n) is 8.48. The molecule has 2 aromatic rings. The quantitative estimate of drug-likeness (QED) is 0.810. The van der Waals surface area contributed by atoms with Gasteiger partial charge >= 0.3 is 0 Å². The highest BCUT2D eigenvalue weighted by Gasteiger charge is 2.40. The van der Waals surface area contributed by atoms with Crippen molar-refractivity contribution < 1.29 is 9.47 Å². The summed E-state index contributed by atoms with van der Waals surface area (Å²) < 4.78 is 11.7. The molecule has 1 aromatic carbocycles. The second-order valence-corrected chi connectivity index (χ2v) is 8.48. The number of benzene rings is 1. The molecular formula is C22H31N5O2. The minimum absolute atomic E-state index is 0.388. The monoisotopic (exact) mass is 397 g/mol. The number of nitrogens with one attached hydrogen (secondary N) is 1. The Morgan fingerprint density at radius 3 is 2.21 bits per heavy atom. The van der Waals surface area contributed by atoms with Crippen LogP contribution in [0.4, 0.5) is 17.5 Å². The van der Waals surface area contributed by atoms with Gasteiger partial charge < -0.3 is 19.7 Å². The van der Waals surface area contributed by atoms with E-state index in [1.807, 2.05) is 0 Å². The minimum atomic E-state index is -0.388. The molecule has 0 saturated carbocycles. The van der Waals surface area contributed by atoms with Crippen molar-refractivity contribution in [3.05, 3.63) is 35.5 Å². The number of ether oxygens (including phenoxy) is 2. The lowest BCUT2D eigenvalue weighted by molar-refractivity contribution is -0.169. The van der Waals surface area contributed by atoms with Crippen LogP contribution in [0.2, 0.25) is 0 Å². The van der Waals surface area contributed by atoms with Crippen LogP contribution in [0.1, 0.15) is 63.5 Å². The average molecular weight is 398 g/mol. The Morgan fingerprint density at radius 2 is 1.62 bits per heavy atom. The van der Waals surface area contributed by atoms with Gasteiger partial charge in [-0.3, -0.25) is 0 Å². The fourth-order valence-corrected chi connectivity index (χ4v) is 4.17. The van der Waals surface area contributed by atoms with Crippen LogP contribution in [0.25, 0.3) is 0 Å². The number of anilines is 3. The molecule has 29 heavy (non-hydrogen) atoms. The molecule has 4 rings (SSSR count). The fraction of sp³-hybridized carbons (Fsp3) is 0.591. The first-order chi connectivity index (χ1) is 14.0. The number of hydrogen-bond acceptors (Lipinski definition) is 7. The maximum Gasteiger partial charge on any atom is 0.249 e. The second kappa shape index (κ2) is 8.24. The molecule has 0 atom stereocenters. The van der Waals surface area contributed by atoms with Crippen LogP contribution < -0.4 is 10.2 Å². The molecule has 1 spiro atoms. The lowest BCUT2D eigenvalue weighted by Gasteiger charge is -2.37. The molecule has 0 bridgehead atoms. The first-order valence-corrected chi connectivity index (χ1v) is 10.6. The van der Waals surface area contributed by atoms with E-state index in [1.165, 1.54) is 11.1 Å². The molecule has 0 radical (unpaired) electrons. The number of hydrogen-bond donors (Lipinski definition) is 1. The summed E-state index contributed by atoms with van der Waals surface area (Å²) in [7, 11) is 0. The van der Waals surface area contributed by atoms with Crippen molar-refractivity contribution >= 4 is 17.5 Å². The Morgan fingerprint density at radius 1 is 1.00 bits per heavy atom. The number of para-hydroxylation sites is 1. The zero-order valence-electron chi connectivity index (χ0n) is 17.8. The highest BCUT2D eigenvalue weighted by atomic mass is 16.7. The van der Waals surface area contributed by atoms with Gasteiger partial charge in [0.05, 0.1) is 19.4 Å². The molecule has 2 aliphatic rings. The number of rotatable bonds is 5. The lowest BCUT2D eigenvalue weighted by atomic mass is 9.93. The third-order valence-electron chi connectivity index (χ3n) is 5.82. The summed E-state index contributed by atoms with van der Waals surface area (Å²) in [6.07, 6.45) is 3.41. The molecule has 1 N–H and O–H groups in total. The van der Waals surface area contributed by atoms with Gasteiger partial charge in [-0.25, -0.2) is 0 Å². The van der Waals surface area contributed by atoms with Gasteiger partial charge in [-0.1, -0.05) is 45.9 Å². The number of nitrogens with zero attached hydrogens (tertiary/aromatic N) is 4. The van der Waals surface area contributed by atoms with Crippen LogP contribution in [0.5, 0.6) is 0 Å².